The minimum absolute atomic E-state index is 0.0142. The Morgan fingerprint density at radius 1 is 1.33 bits per heavy atom. The number of nitrogens with zero attached hydrogens (tertiary/aromatic N) is 2. The summed E-state index contributed by atoms with van der Waals surface area (Å²) in [5, 5.41) is 3.01. The molecule has 1 heterocycles. The number of likely N-dealkylation sites (tertiary alicyclic amines) is 1. The zero-order chi connectivity index (χ0) is 15.4. The number of nitrogens with one attached hydrogen (secondary N) is 1. The Bertz CT molecular complexity index is 511. The minimum atomic E-state index is 0.0142. The molecule has 1 fully saturated rings. The van der Waals surface area contributed by atoms with E-state index in [4.69, 9.17) is 0 Å². The van der Waals surface area contributed by atoms with Crippen LogP contribution in [-0.2, 0) is 16.0 Å². The van der Waals surface area contributed by atoms with Gasteiger partial charge in [-0.2, -0.15) is 0 Å². The second-order valence-corrected chi connectivity index (χ2v) is 5.82. The smallest absolute Gasteiger partial charge is 0.224 e. The topological polar surface area (TPSA) is 52.7 Å². The van der Waals surface area contributed by atoms with Gasteiger partial charge in [-0.3, -0.25) is 9.59 Å². The van der Waals surface area contributed by atoms with Gasteiger partial charge >= 0.3 is 0 Å². The number of piperidine rings is 1. The first kappa shape index (κ1) is 15.4. The van der Waals surface area contributed by atoms with E-state index in [1.54, 1.807) is 11.9 Å². The highest BCUT2D eigenvalue weighted by Crippen LogP contribution is 2.13. The quantitative estimate of drug-likeness (QED) is 0.901. The van der Waals surface area contributed by atoms with E-state index in [0.717, 1.165) is 17.7 Å². The molecule has 0 bridgehead atoms. The number of carbonyl (C=O) groups excluding carboxylic acids is 2. The summed E-state index contributed by atoms with van der Waals surface area (Å²) in [6.45, 7) is 0.601. The van der Waals surface area contributed by atoms with Gasteiger partial charge in [0.2, 0.25) is 11.8 Å². The van der Waals surface area contributed by atoms with Gasteiger partial charge in [-0.15, -0.1) is 0 Å². The summed E-state index contributed by atoms with van der Waals surface area (Å²) in [4.78, 5) is 27.2. The van der Waals surface area contributed by atoms with Gasteiger partial charge in [0.05, 0.1) is 6.42 Å². The van der Waals surface area contributed by atoms with E-state index in [9.17, 15) is 9.59 Å². The van der Waals surface area contributed by atoms with Crippen LogP contribution in [0.15, 0.2) is 24.3 Å². The van der Waals surface area contributed by atoms with Crippen molar-refractivity contribution in [3.63, 3.8) is 0 Å². The standard InChI is InChI=1S/C16H23N3O2/c1-18(2)14-7-4-12(5-8-14)10-15(20)17-13-6-9-16(21)19(3)11-13/h4-5,7-8,13H,6,9-11H2,1-3H3,(H,17,20)/t13-/m1/s1. The van der Waals surface area contributed by atoms with Crippen molar-refractivity contribution in [2.45, 2.75) is 25.3 Å². The third-order valence-electron chi connectivity index (χ3n) is 3.81. The molecule has 0 spiro atoms. The fourth-order valence-corrected chi connectivity index (χ4v) is 2.51. The minimum Gasteiger partial charge on any atom is -0.378 e. The van der Waals surface area contributed by atoms with E-state index < -0.39 is 0 Å². The van der Waals surface area contributed by atoms with Crippen LogP contribution in [0.4, 0.5) is 5.69 Å². The van der Waals surface area contributed by atoms with Crippen molar-refractivity contribution in [1.82, 2.24) is 10.2 Å². The average Bonchev–Trinajstić information content (AvgIpc) is 2.43. The number of carbonyl (C=O) groups is 2. The van der Waals surface area contributed by atoms with Crippen molar-refractivity contribution < 1.29 is 9.59 Å². The lowest BCUT2D eigenvalue weighted by Gasteiger charge is -2.30. The van der Waals surface area contributed by atoms with E-state index in [1.165, 1.54) is 0 Å². The third-order valence-corrected chi connectivity index (χ3v) is 3.81. The van der Waals surface area contributed by atoms with Crippen molar-refractivity contribution >= 4 is 17.5 Å². The molecule has 0 radical (unpaired) electrons. The van der Waals surface area contributed by atoms with Crippen LogP contribution in [0.2, 0.25) is 0 Å². The summed E-state index contributed by atoms with van der Waals surface area (Å²) in [6, 6.07) is 8.05. The molecule has 1 N–H and O–H groups in total. The lowest BCUT2D eigenvalue weighted by atomic mass is 10.0. The van der Waals surface area contributed by atoms with Crippen molar-refractivity contribution in [3.05, 3.63) is 29.8 Å². The summed E-state index contributed by atoms with van der Waals surface area (Å²) >= 11 is 0. The maximum absolute atomic E-state index is 12.1. The van der Waals surface area contributed by atoms with Crippen molar-refractivity contribution in [3.8, 4) is 0 Å². The number of benzene rings is 1. The molecule has 1 aromatic carbocycles. The predicted octanol–water partition coefficient (Wildman–Crippen LogP) is 1.03. The summed E-state index contributed by atoms with van der Waals surface area (Å²) in [5.41, 5.74) is 2.12. The molecule has 1 atom stereocenters. The molecule has 21 heavy (non-hydrogen) atoms. The molecule has 1 aromatic rings. The second-order valence-electron chi connectivity index (χ2n) is 5.82. The number of hydrogen-bond donors (Lipinski definition) is 1. The number of anilines is 1. The molecule has 5 nitrogen and oxygen atoms in total. The van der Waals surface area contributed by atoms with Crippen LogP contribution in [0.3, 0.4) is 0 Å². The maximum Gasteiger partial charge on any atom is 0.224 e. The average molecular weight is 289 g/mol. The van der Waals surface area contributed by atoms with Gasteiger partial charge in [0.15, 0.2) is 0 Å². The van der Waals surface area contributed by atoms with Gasteiger partial charge in [0.1, 0.15) is 0 Å². The van der Waals surface area contributed by atoms with E-state index in [-0.39, 0.29) is 17.9 Å². The highest BCUT2D eigenvalue weighted by atomic mass is 16.2. The van der Waals surface area contributed by atoms with Crippen LogP contribution in [0.25, 0.3) is 0 Å². The molecule has 1 saturated heterocycles. The van der Waals surface area contributed by atoms with E-state index in [0.29, 0.717) is 19.4 Å². The summed E-state index contributed by atoms with van der Waals surface area (Å²) in [7, 11) is 5.76. The number of hydrogen-bond acceptors (Lipinski definition) is 3. The molecule has 0 aromatic heterocycles. The lowest BCUT2D eigenvalue weighted by Crippen LogP contribution is -2.48. The second kappa shape index (κ2) is 6.61. The van der Waals surface area contributed by atoms with Crippen LogP contribution >= 0.6 is 0 Å². The normalized spacial score (nSPS) is 18.5. The molecule has 5 heteroatoms. The van der Waals surface area contributed by atoms with E-state index in [1.807, 2.05) is 43.3 Å². The molecular formula is C16H23N3O2. The number of rotatable bonds is 4. The molecule has 0 unspecified atom stereocenters. The van der Waals surface area contributed by atoms with Crippen LogP contribution in [0, 0.1) is 0 Å². The Morgan fingerprint density at radius 3 is 2.57 bits per heavy atom. The van der Waals surface area contributed by atoms with Crippen LogP contribution in [0.1, 0.15) is 18.4 Å². The largest absolute Gasteiger partial charge is 0.378 e. The fourth-order valence-electron chi connectivity index (χ4n) is 2.51. The SMILES string of the molecule is CN1C[C@H](NC(=O)Cc2ccc(N(C)C)cc2)CCC1=O. The Hall–Kier alpha value is -2.04. The third kappa shape index (κ3) is 4.21. The van der Waals surface area contributed by atoms with Gasteiger partial charge in [0.25, 0.3) is 0 Å². The van der Waals surface area contributed by atoms with Crippen molar-refractivity contribution in [1.29, 1.82) is 0 Å². The summed E-state index contributed by atoms with van der Waals surface area (Å²) in [6.07, 6.45) is 1.62. The Balaban J connectivity index is 1.85. The summed E-state index contributed by atoms with van der Waals surface area (Å²) < 4.78 is 0. The first-order valence-corrected chi connectivity index (χ1v) is 7.25. The van der Waals surface area contributed by atoms with Gasteiger partial charge in [-0.05, 0) is 24.1 Å². The first-order chi connectivity index (χ1) is 9.95. The molecule has 0 aliphatic carbocycles. The fraction of sp³-hybridized carbons (Fsp3) is 0.500. The molecular weight excluding hydrogens is 266 g/mol. The Morgan fingerprint density at radius 2 is 2.00 bits per heavy atom. The van der Waals surface area contributed by atoms with Gasteiger partial charge in [-0.25, -0.2) is 0 Å². The van der Waals surface area contributed by atoms with Gasteiger partial charge in [-0.1, -0.05) is 12.1 Å². The molecule has 2 amide bonds. The highest BCUT2D eigenvalue weighted by Gasteiger charge is 2.23. The Labute approximate surface area is 125 Å². The lowest BCUT2D eigenvalue weighted by molar-refractivity contribution is -0.133. The zero-order valence-electron chi connectivity index (χ0n) is 12.9. The number of likely N-dealkylation sites (N-methyl/N-ethyl adjacent to an activating group) is 1. The van der Waals surface area contributed by atoms with Gasteiger partial charge < -0.3 is 15.1 Å². The summed E-state index contributed by atoms with van der Waals surface area (Å²) in [5.74, 6) is 0.167. The molecule has 0 saturated carbocycles. The van der Waals surface area contributed by atoms with E-state index >= 15 is 0 Å². The van der Waals surface area contributed by atoms with Gasteiger partial charge in [0, 0.05) is 45.8 Å². The highest BCUT2D eigenvalue weighted by molar-refractivity contribution is 5.80. The molecule has 1 aliphatic rings. The van der Waals surface area contributed by atoms with E-state index in [2.05, 4.69) is 5.32 Å². The van der Waals surface area contributed by atoms with Crippen LogP contribution in [-0.4, -0.2) is 50.4 Å². The molecule has 114 valence electrons. The number of amides is 2. The zero-order valence-corrected chi connectivity index (χ0v) is 12.9. The predicted molar refractivity (Wildman–Crippen MR) is 83.3 cm³/mol. The molecule has 2 rings (SSSR count). The van der Waals surface area contributed by atoms with Crippen LogP contribution in [0.5, 0.6) is 0 Å². The van der Waals surface area contributed by atoms with Crippen LogP contribution < -0.4 is 10.2 Å². The first-order valence-electron chi connectivity index (χ1n) is 7.25. The maximum atomic E-state index is 12.1. The molecule has 1 aliphatic heterocycles. The van der Waals surface area contributed by atoms with Crippen molar-refractivity contribution in [2.75, 3.05) is 32.6 Å². The Kier molecular flexibility index (Phi) is 4.83. The van der Waals surface area contributed by atoms with Crippen molar-refractivity contribution in [2.24, 2.45) is 0 Å². The monoisotopic (exact) mass is 289 g/mol.